The summed E-state index contributed by atoms with van der Waals surface area (Å²) >= 11 is 0. The summed E-state index contributed by atoms with van der Waals surface area (Å²) in [6.07, 6.45) is 0. The van der Waals surface area contributed by atoms with E-state index in [-0.39, 0.29) is 0 Å². The average molecular weight is 391 g/mol. The number of aromatic nitrogens is 1. The van der Waals surface area contributed by atoms with E-state index in [0.29, 0.717) is 6.54 Å². The Hall–Kier alpha value is -3.92. The maximum absolute atomic E-state index is 5.32. The van der Waals surface area contributed by atoms with Gasteiger partial charge in [0, 0.05) is 16.5 Å². The molecule has 0 unspecified atom stereocenters. The first kappa shape index (κ1) is 18.1. The minimum atomic E-state index is 0.548. The third kappa shape index (κ3) is 3.33. The number of benzene rings is 4. The Kier molecular flexibility index (Phi) is 4.74. The highest BCUT2D eigenvalue weighted by Gasteiger charge is 2.12. The number of methoxy groups -OCH3 is 1. The van der Waals surface area contributed by atoms with Crippen LogP contribution in [-0.4, -0.2) is 11.7 Å². The highest BCUT2D eigenvalue weighted by Crippen LogP contribution is 2.33. The smallest absolute Gasteiger partial charge is 0.119 e. The quantitative estimate of drug-likeness (QED) is 0.295. The first-order valence-corrected chi connectivity index (χ1v) is 9.92. The maximum Gasteiger partial charge on any atom is 0.119 e. The van der Waals surface area contributed by atoms with Gasteiger partial charge in [0.2, 0.25) is 0 Å². The molecule has 0 N–H and O–H groups in total. The molecule has 0 saturated carbocycles. The first-order chi connectivity index (χ1) is 14.8. The topological polar surface area (TPSA) is 38.9 Å². The minimum Gasteiger partial charge on any atom is -0.497 e. The van der Waals surface area contributed by atoms with Gasteiger partial charge in [-0.15, -0.1) is 0 Å². The third-order valence-electron chi connectivity index (χ3n) is 5.26. The van der Waals surface area contributed by atoms with Crippen LogP contribution in [0.2, 0.25) is 0 Å². The number of hydrogen-bond acceptors (Lipinski definition) is 3. The van der Waals surface area contributed by atoms with E-state index in [0.717, 1.165) is 22.7 Å². The average Bonchev–Trinajstić information content (AvgIpc) is 3.14. The Morgan fingerprint density at radius 2 is 1.47 bits per heavy atom. The molecule has 0 amide bonds. The molecular formula is C26H21N3O. The lowest BCUT2D eigenvalue weighted by molar-refractivity contribution is 0.415. The van der Waals surface area contributed by atoms with Gasteiger partial charge in [0.05, 0.1) is 30.4 Å². The van der Waals surface area contributed by atoms with Crippen molar-refractivity contribution in [3.8, 4) is 11.4 Å². The van der Waals surface area contributed by atoms with E-state index in [1.165, 1.54) is 21.8 Å². The largest absolute Gasteiger partial charge is 0.497 e. The van der Waals surface area contributed by atoms with Crippen LogP contribution in [0.1, 0.15) is 5.56 Å². The summed E-state index contributed by atoms with van der Waals surface area (Å²) < 4.78 is 7.61. The predicted octanol–water partition coefficient (Wildman–Crippen LogP) is 7.08. The van der Waals surface area contributed by atoms with Crippen molar-refractivity contribution in [2.75, 3.05) is 7.11 Å². The number of rotatable bonds is 5. The molecule has 0 aliphatic heterocycles. The summed E-state index contributed by atoms with van der Waals surface area (Å²) in [6.45, 7) is 0.548. The Labute approximate surface area is 175 Å². The van der Waals surface area contributed by atoms with Gasteiger partial charge in [0.1, 0.15) is 5.75 Å². The van der Waals surface area contributed by atoms with Crippen molar-refractivity contribution < 1.29 is 4.74 Å². The molecule has 4 nitrogen and oxygen atoms in total. The molecule has 0 spiro atoms. The molecule has 1 aromatic heterocycles. The Morgan fingerprint density at radius 1 is 0.733 bits per heavy atom. The fourth-order valence-corrected chi connectivity index (χ4v) is 3.82. The molecular weight excluding hydrogens is 370 g/mol. The molecule has 0 fully saturated rings. The molecule has 0 aliphatic rings. The van der Waals surface area contributed by atoms with Gasteiger partial charge in [-0.3, -0.25) is 0 Å². The van der Waals surface area contributed by atoms with E-state index < -0.39 is 0 Å². The minimum absolute atomic E-state index is 0.548. The molecule has 0 atom stereocenters. The van der Waals surface area contributed by atoms with Crippen LogP contribution in [-0.2, 0) is 6.54 Å². The first-order valence-electron chi connectivity index (χ1n) is 9.92. The van der Waals surface area contributed by atoms with Gasteiger partial charge in [-0.1, -0.05) is 42.5 Å². The van der Waals surface area contributed by atoms with E-state index >= 15 is 0 Å². The van der Waals surface area contributed by atoms with Crippen molar-refractivity contribution in [1.82, 2.24) is 4.57 Å². The molecule has 0 saturated heterocycles. The van der Waals surface area contributed by atoms with Crippen LogP contribution in [0.5, 0.6) is 5.75 Å². The molecule has 4 aromatic carbocycles. The Morgan fingerprint density at radius 3 is 2.27 bits per heavy atom. The second kappa shape index (κ2) is 7.84. The summed E-state index contributed by atoms with van der Waals surface area (Å²) in [5.74, 6) is 0.852. The van der Waals surface area contributed by atoms with Crippen LogP contribution < -0.4 is 4.74 Å². The van der Waals surface area contributed by atoms with Crippen LogP contribution in [0.4, 0.5) is 5.69 Å². The molecule has 5 rings (SSSR count). The zero-order valence-electron chi connectivity index (χ0n) is 16.7. The van der Waals surface area contributed by atoms with Crippen LogP contribution in [0.3, 0.4) is 0 Å². The molecule has 0 bridgehead atoms. The van der Waals surface area contributed by atoms with E-state index in [2.05, 4.69) is 69.4 Å². The standard InChI is InChI=1S/C26H21N3O/c1-30-22-14-12-21(13-15-22)29-25-10-6-5-9-23(25)24-17-19(11-16-26(24)29)18-27-28-20-7-3-2-4-8-20/h2-17H,18H2,1H3. The highest BCUT2D eigenvalue weighted by atomic mass is 16.5. The van der Waals surface area contributed by atoms with Crippen LogP contribution in [0, 0.1) is 0 Å². The molecule has 0 aliphatic carbocycles. The number of azo groups is 1. The zero-order chi connectivity index (χ0) is 20.3. The van der Waals surface area contributed by atoms with E-state index in [4.69, 9.17) is 4.74 Å². The van der Waals surface area contributed by atoms with Gasteiger partial charge in [0.15, 0.2) is 0 Å². The summed E-state index contributed by atoms with van der Waals surface area (Å²) in [5.41, 5.74) is 5.47. The van der Waals surface area contributed by atoms with Gasteiger partial charge >= 0.3 is 0 Å². The lowest BCUT2D eigenvalue weighted by atomic mass is 10.1. The monoisotopic (exact) mass is 391 g/mol. The van der Waals surface area contributed by atoms with Crippen molar-refractivity contribution in [3.05, 3.63) is 103 Å². The Balaban J connectivity index is 1.57. The van der Waals surface area contributed by atoms with Crippen molar-refractivity contribution >= 4 is 27.5 Å². The van der Waals surface area contributed by atoms with Crippen molar-refractivity contribution in [2.24, 2.45) is 10.2 Å². The van der Waals surface area contributed by atoms with E-state index in [1.54, 1.807) is 7.11 Å². The van der Waals surface area contributed by atoms with Crippen molar-refractivity contribution in [1.29, 1.82) is 0 Å². The van der Waals surface area contributed by atoms with Gasteiger partial charge < -0.3 is 9.30 Å². The summed E-state index contributed by atoms with van der Waals surface area (Å²) in [4.78, 5) is 0. The van der Waals surface area contributed by atoms with Crippen LogP contribution in [0.15, 0.2) is 107 Å². The number of fused-ring (bicyclic) bond motifs is 3. The highest BCUT2D eigenvalue weighted by molar-refractivity contribution is 6.09. The van der Waals surface area contributed by atoms with E-state index in [1.807, 2.05) is 42.5 Å². The summed E-state index contributed by atoms with van der Waals surface area (Å²) in [5, 5.41) is 11.2. The predicted molar refractivity (Wildman–Crippen MR) is 122 cm³/mol. The molecule has 4 heteroatoms. The summed E-state index contributed by atoms with van der Waals surface area (Å²) in [7, 11) is 1.69. The zero-order valence-corrected chi connectivity index (χ0v) is 16.7. The van der Waals surface area contributed by atoms with Gasteiger partial charge in [-0.25, -0.2) is 0 Å². The molecule has 146 valence electrons. The second-order valence-corrected chi connectivity index (χ2v) is 7.14. The molecule has 5 aromatic rings. The molecule has 1 heterocycles. The Bertz CT molecular complexity index is 1340. The second-order valence-electron chi connectivity index (χ2n) is 7.14. The third-order valence-corrected chi connectivity index (χ3v) is 5.26. The van der Waals surface area contributed by atoms with Crippen molar-refractivity contribution in [2.45, 2.75) is 6.54 Å². The summed E-state index contributed by atoms with van der Waals surface area (Å²) in [6, 6.07) is 33.0. The van der Waals surface area contributed by atoms with Gasteiger partial charge in [-0.05, 0) is 60.2 Å². The fraction of sp³-hybridized carbons (Fsp3) is 0.0769. The van der Waals surface area contributed by atoms with Gasteiger partial charge in [0.25, 0.3) is 0 Å². The van der Waals surface area contributed by atoms with Crippen LogP contribution in [0.25, 0.3) is 27.5 Å². The van der Waals surface area contributed by atoms with Crippen molar-refractivity contribution in [3.63, 3.8) is 0 Å². The van der Waals surface area contributed by atoms with Gasteiger partial charge in [-0.2, -0.15) is 10.2 Å². The number of hydrogen-bond donors (Lipinski definition) is 0. The lowest BCUT2D eigenvalue weighted by Crippen LogP contribution is -1.94. The fourth-order valence-electron chi connectivity index (χ4n) is 3.82. The maximum atomic E-state index is 5.32. The normalized spacial score (nSPS) is 11.5. The molecule has 30 heavy (non-hydrogen) atoms. The van der Waals surface area contributed by atoms with E-state index in [9.17, 15) is 0 Å². The number of ether oxygens (including phenoxy) is 1. The molecule has 0 radical (unpaired) electrons. The lowest BCUT2D eigenvalue weighted by Gasteiger charge is -2.09. The number of nitrogens with zero attached hydrogens (tertiary/aromatic N) is 3. The SMILES string of the molecule is COc1ccc(-n2c3ccccc3c3cc(CN=Nc4ccccc4)ccc32)cc1. The van der Waals surface area contributed by atoms with Crippen LogP contribution >= 0.6 is 0 Å². The number of para-hydroxylation sites is 1.